The van der Waals surface area contributed by atoms with Crippen LogP contribution in [0.1, 0.15) is 24.8 Å². The Labute approximate surface area is 124 Å². The summed E-state index contributed by atoms with van der Waals surface area (Å²) in [5.74, 6) is 0.354. The normalized spacial score (nSPS) is 27.4. The standard InChI is InChI=1S/C16H22N2OS/c1-2-7-18-9-6-16(15(18)19)5-3-8-17(13-16)11-14-4-10-20-12-14/h2,4,10,12H,1,3,5-9,11,13H2/t16-/m1/s1. The van der Waals surface area contributed by atoms with Crippen LogP contribution in [-0.2, 0) is 11.3 Å². The third-order valence-electron chi connectivity index (χ3n) is 4.59. The molecule has 1 atom stereocenters. The van der Waals surface area contributed by atoms with Gasteiger partial charge in [-0.2, -0.15) is 11.3 Å². The van der Waals surface area contributed by atoms with Gasteiger partial charge in [0.2, 0.25) is 5.91 Å². The first kappa shape index (κ1) is 13.8. The molecule has 3 nitrogen and oxygen atoms in total. The van der Waals surface area contributed by atoms with E-state index in [1.54, 1.807) is 11.3 Å². The molecule has 0 radical (unpaired) electrons. The average molecular weight is 290 g/mol. The van der Waals surface area contributed by atoms with E-state index in [-0.39, 0.29) is 5.41 Å². The summed E-state index contributed by atoms with van der Waals surface area (Å²) in [5.41, 5.74) is 1.26. The molecule has 2 aliphatic rings. The predicted molar refractivity (Wildman–Crippen MR) is 82.7 cm³/mol. The SMILES string of the molecule is C=CCN1CC[C@@]2(CCCN(Cc3ccsc3)C2)C1=O. The largest absolute Gasteiger partial charge is 0.338 e. The van der Waals surface area contributed by atoms with Crippen LogP contribution in [0.2, 0.25) is 0 Å². The fourth-order valence-corrected chi connectivity index (χ4v) is 4.26. The van der Waals surface area contributed by atoms with Crippen LogP contribution >= 0.6 is 11.3 Å². The quantitative estimate of drug-likeness (QED) is 0.796. The van der Waals surface area contributed by atoms with Crippen LogP contribution < -0.4 is 0 Å². The summed E-state index contributed by atoms with van der Waals surface area (Å²) >= 11 is 1.75. The van der Waals surface area contributed by atoms with Gasteiger partial charge in [-0.1, -0.05) is 6.08 Å². The highest BCUT2D eigenvalue weighted by Crippen LogP contribution is 2.40. The third kappa shape index (κ3) is 2.54. The van der Waals surface area contributed by atoms with Crippen molar-refractivity contribution in [1.29, 1.82) is 0 Å². The maximum absolute atomic E-state index is 12.7. The van der Waals surface area contributed by atoms with E-state index in [0.29, 0.717) is 12.5 Å². The van der Waals surface area contributed by atoms with Crippen LogP contribution in [0.15, 0.2) is 29.5 Å². The van der Waals surface area contributed by atoms with Crippen LogP contribution in [0.4, 0.5) is 0 Å². The first-order valence-corrected chi connectivity index (χ1v) is 8.31. The fourth-order valence-electron chi connectivity index (χ4n) is 3.60. The highest BCUT2D eigenvalue weighted by Gasteiger charge is 2.48. The molecule has 0 bridgehead atoms. The number of thiophene rings is 1. The van der Waals surface area contributed by atoms with Crippen molar-refractivity contribution in [2.24, 2.45) is 5.41 Å². The summed E-state index contributed by atoms with van der Waals surface area (Å²) in [4.78, 5) is 17.1. The lowest BCUT2D eigenvalue weighted by Crippen LogP contribution is -2.47. The first-order valence-electron chi connectivity index (χ1n) is 7.37. The molecule has 0 N–H and O–H groups in total. The summed E-state index contributed by atoms with van der Waals surface area (Å²) in [5, 5.41) is 4.34. The van der Waals surface area contributed by atoms with E-state index in [9.17, 15) is 4.79 Å². The van der Waals surface area contributed by atoms with Crippen LogP contribution in [0.3, 0.4) is 0 Å². The smallest absolute Gasteiger partial charge is 0.230 e. The number of hydrogen-bond donors (Lipinski definition) is 0. The van der Waals surface area contributed by atoms with Crippen LogP contribution in [-0.4, -0.2) is 41.9 Å². The second kappa shape index (κ2) is 5.70. The van der Waals surface area contributed by atoms with Crippen molar-refractivity contribution >= 4 is 17.2 Å². The Kier molecular flexibility index (Phi) is 3.94. The monoisotopic (exact) mass is 290 g/mol. The summed E-state index contributed by atoms with van der Waals surface area (Å²) in [7, 11) is 0. The van der Waals surface area contributed by atoms with E-state index < -0.39 is 0 Å². The van der Waals surface area contributed by atoms with Gasteiger partial charge in [-0.25, -0.2) is 0 Å². The molecule has 3 rings (SSSR count). The first-order chi connectivity index (χ1) is 9.73. The molecule has 0 aromatic carbocycles. The Bertz CT molecular complexity index is 485. The molecule has 4 heteroatoms. The number of hydrogen-bond acceptors (Lipinski definition) is 3. The van der Waals surface area contributed by atoms with Gasteiger partial charge in [0.05, 0.1) is 5.41 Å². The average Bonchev–Trinajstić information content (AvgIpc) is 3.04. The van der Waals surface area contributed by atoms with Gasteiger partial charge in [0, 0.05) is 26.2 Å². The van der Waals surface area contributed by atoms with Gasteiger partial charge < -0.3 is 4.90 Å². The molecule has 1 spiro atoms. The topological polar surface area (TPSA) is 23.6 Å². The Morgan fingerprint density at radius 1 is 1.40 bits per heavy atom. The van der Waals surface area contributed by atoms with E-state index in [2.05, 4.69) is 28.3 Å². The minimum absolute atomic E-state index is 0.114. The molecule has 2 aliphatic heterocycles. The summed E-state index contributed by atoms with van der Waals surface area (Å²) in [6, 6.07) is 2.19. The maximum Gasteiger partial charge on any atom is 0.230 e. The van der Waals surface area contributed by atoms with Crippen molar-refractivity contribution in [2.75, 3.05) is 26.2 Å². The van der Waals surface area contributed by atoms with E-state index in [1.807, 2.05) is 11.0 Å². The second-order valence-corrected chi connectivity index (χ2v) is 6.80. The zero-order chi connectivity index (χ0) is 14.0. The molecule has 0 unspecified atom stereocenters. The number of carbonyl (C=O) groups excluding carboxylic acids is 1. The molecule has 2 fully saturated rings. The van der Waals surface area contributed by atoms with Gasteiger partial charge in [0.1, 0.15) is 0 Å². The van der Waals surface area contributed by atoms with Gasteiger partial charge in [0.15, 0.2) is 0 Å². The van der Waals surface area contributed by atoms with Gasteiger partial charge >= 0.3 is 0 Å². The third-order valence-corrected chi connectivity index (χ3v) is 5.32. The van der Waals surface area contributed by atoms with E-state index in [0.717, 1.165) is 45.4 Å². The Hall–Kier alpha value is -1.13. The van der Waals surface area contributed by atoms with Crippen LogP contribution in [0.25, 0.3) is 0 Å². The molecule has 2 saturated heterocycles. The van der Waals surface area contributed by atoms with Crippen molar-refractivity contribution < 1.29 is 4.79 Å². The number of nitrogens with zero attached hydrogens (tertiary/aromatic N) is 2. The molecule has 108 valence electrons. The van der Waals surface area contributed by atoms with E-state index in [1.165, 1.54) is 5.56 Å². The maximum atomic E-state index is 12.7. The van der Waals surface area contributed by atoms with Gasteiger partial charge in [-0.15, -0.1) is 6.58 Å². The molecule has 20 heavy (non-hydrogen) atoms. The molecule has 1 amide bonds. The number of amides is 1. The fraction of sp³-hybridized carbons (Fsp3) is 0.562. The van der Waals surface area contributed by atoms with Gasteiger partial charge in [0.25, 0.3) is 0 Å². The minimum Gasteiger partial charge on any atom is -0.338 e. The minimum atomic E-state index is -0.114. The Morgan fingerprint density at radius 3 is 3.05 bits per heavy atom. The van der Waals surface area contributed by atoms with Crippen molar-refractivity contribution in [1.82, 2.24) is 9.80 Å². The molecular weight excluding hydrogens is 268 g/mol. The summed E-state index contributed by atoms with van der Waals surface area (Å²) < 4.78 is 0. The molecule has 1 aromatic rings. The van der Waals surface area contributed by atoms with Crippen molar-refractivity contribution in [3.8, 4) is 0 Å². The molecular formula is C16H22N2OS. The van der Waals surface area contributed by atoms with E-state index >= 15 is 0 Å². The van der Waals surface area contributed by atoms with Crippen molar-refractivity contribution in [3.63, 3.8) is 0 Å². The Morgan fingerprint density at radius 2 is 2.30 bits per heavy atom. The van der Waals surface area contributed by atoms with Crippen LogP contribution in [0.5, 0.6) is 0 Å². The van der Waals surface area contributed by atoms with E-state index in [4.69, 9.17) is 0 Å². The lowest BCUT2D eigenvalue weighted by atomic mass is 9.78. The number of likely N-dealkylation sites (tertiary alicyclic amines) is 2. The zero-order valence-electron chi connectivity index (χ0n) is 11.9. The lowest BCUT2D eigenvalue weighted by Gasteiger charge is -2.39. The number of rotatable bonds is 4. The number of carbonyl (C=O) groups is 1. The highest BCUT2D eigenvalue weighted by atomic mass is 32.1. The number of piperidine rings is 1. The summed E-state index contributed by atoms with van der Waals surface area (Å²) in [6.07, 6.45) is 5.04. The molecule has 3 heterocycles. The Balaban J connectivity index is 1.68. The zero-order valence-corrected chi connectivity index (χ0v) is 12.7. The van der Waals surface area contributed by atoms with Crippen LogP contribution in [0, 0.1) is 5.41 Å². The summed E-state index contributed by atoms with van der Waals surface area (Å²) in [6.45, 7) is 8.38. The highest BCUT2D eigenvalue weighted by molar-refractivity contribution is 7.07. The second-order valence-electron chi connectivity index (χ2n) is 6.02. The van der Waals surface area contributed by atoms with Crippen molar-refractivity contribution in [2.45, 2.75) is 25.8 Å². The van der Waals surface area contributed by atoms with Gasteiger partial charge in [-0.05, 0) is 48.2 Å². The van der Waals surface area contributed by atoms with Gasteiger partial charge in [-0.3, -0.25) is 9.69 Å². The lowest BCUT2D eigenvalue weighted by molar-refractivity contribution is -0.138. The molecule has 0 aliphatic carbocycles. The molecule has 1 aromatic heterocycles. The van der Waals surface area contributed by atoms with Crippen molar-refractivity contribution in [3.05, 3.63) is 35.0 Å². The predicted octanol–water partition coefficient (Wildman–Crippen LogP) is 2.75. The molecule has 0 saturated carbocycles.